The number of nitrogens with one attached hydrogen (secondary N) is 2. The molecular formula is C40H68N2O31. The van der Waals surface area contributed by atoms with Gasteiger partial charge in [0.05, 0.1) is 39.6 Å². The van der Waals surface area contributed by atoms with Crippen LogP contribution in [0.5, 0.6) is 0 Å². The average molecular weight is 1070 g/mol. The molecule has 6 heterocycles. The van der Waals surface area contributed by atoms with Gasteiger partial charge in [0.2, 0.25) is 11.8 Å². The predicted octanol–water partition coefficient (Wildman–Crippen LogP) is -13.8. The minimum Gasteiger partial charge on any atom is -0.394 e. The molecule has 6 saturated heterocycles. The number of amides is 2. The van der Waals surface area contributed by atoms with Crippen molar-refractivity contribution in [2.45, 2.75) is 198 Å². The van der Waals surface area contributed by atoms with Crippen molar-refractivity contribution in [3.63, 3.8) is 0 Å². The third kappa shape index (κ3) is 12.9. The fourth-order valence-corrected chi connectivity index (χ4v) is 9.32. The summed E-state index contributed by atoms with van der Waals surface area (Å²) in [7, 11) is 0. The molecule has 6 aliphatic rings. The van der Waals surface area contributed by atoms with E-state index in [2.05, 4.69) is 10.6 Å². The largest absolute Gasteiger partial charge is 0.394 e. The zero-order valence-corrected chi connectivity index (χ0v) is 38.9. The van der Waals surface area contributed by atoms with Crippen LogP contribution in [0.2, 0.25) is 0 Å². The van der Waals surface area contributed by atoms with Crippen LogP contribution in [0.4, 0.5) is 0 Å². The van der Waals surface area contributed by atoms with E-state index < -0.39 is 236 Å². The first kappa shape index (κ1) is 60.0. The van der Waals surface area contributed by atoms with Crippen LogP contribution in [-0.2, 0) is 61.7 Å². The minimum atomic E-state index is -2.29. The standard InChI is InChI=1S/C40H68N2O31/c1-9(49)41-17-22(54)19(51)11(3-43)64-36(17)71-32-16(8-48)68-40(70-31-14(6-46)63-35(62)26(58)25(31)57)29(61)34(32)73-37-18(42-10(2)50)23(55)30(15(7-47)67-37)69-39-28(60)33(21(53)13(5-45)66-39)72-38-27(59)24(56)20(52)12(4-44)65-38/h11-40,43-48,51-62H,3-8H2,1-2H3,(H,41,49)(H,42,50)/t11-,12-,13-,14-,15-,16-,17-,18-,19+,20+,21+,22-,23-,24+,25-,26-,27-,28-,29-,30-,31-,32+,33+,34-,35-,36+,37+,38-,39+,40+/m1/s1. The summed E-state index contributed by atoms with van der Waals surface area (Å²) in [5.41, 5.74) is 0. The molecule has 33 heteroatoms. The maximum absolute atomic E-state index is 12.8. The molecule has 33 nitrogen and oxygen atoms in total. The Bertz CT molecular complexity index is 1750. The Labute approximate surface area is 413 Å². The van der Waals surface area contributed by atoms with Crippen molar-refractivity contribution < 1.29 is 154 Å². The van der Waals surface area contributed by atoms with Crippen LogP contribution in [0, 0.1) is 0 Å². The van der Waals surface area contributed by atoms with Crippen LogP contribution in [0.15, 0.2) is 0 Å². The van der Waals surface area contributed by atoms with E-state index in [-0.39, 0.29) is 0 Å². The maximum Gasteiger partial charge on any atom is 0.217 e. The van der Waals surface area contributed by atoms with Crippen molar-refractivity contribution in [3.05, 3.63) is 0 Å². The molecule has 0 bridgehead atoms. The Morgan fingerprint density at radius 2 is 0.671 bits per heavy atom. The van der Waals surface area contributed by atoms with Gasteiger partial charge in [0, 0.05) is 13.8 Å². The number of hydrogen-bond donors (Lipinski definition) is 20. The van der Waals surface area contributed by atoms with E-state index in [0.29, 0.717) is 0 Å². The molecule has 73 heavy (non-hydrogen) atoms. The number of hydrogen-bond acceptors (Lipinski definition) is 31. The van der Waals surface area contributed by atoms with E-state index in [1.54, 1.807) is 0 Å². The zero-order valence-electron chi connectivity index (χ0n) is 38.9. The Hall–Kier alpha value is -2.22. The summed E-state index contributed by atoms with van der Waals surface area (Å²) in [5, 5.41) is 197. The van der Waals surface area contributed by atoms with Crippen molar-refractivity contribution in [1.29, 1.82) is 0 Å². The summed E-state index contributed by atoms with van der Waals surface area (Å²) in [5.74, 6) is -1.70. The van der Waals surface area contributed by atoms with Gasteiger partial charge in [0.1, 0.15) is 146 Å². The lowest BCUT2D eigenvalue weighted by atomic mass is 9.93. The van der Waals surface area contributed by atoms with Crippen molar-refractivity contribution in [2.75, 3.05) is 39.6 Å². The molecule has 2 amide bonds. The van der Waals surface area contributed by atoms with Gasteiger partial charge >= 0.3 is 0 Å². The monoisotopic (exact) mass is 1070 g/mol. The SMILES string of the molecule is CC(=O)N[C@H]1[C@H](O[C@@H]2[C@@H](O)[C@H](O[C@H]3[C@H](O)[C@@H](O)[C@H](O)O[C@@H]3CO)O[C@H](CO)[C@@H]2O[C@@H]2O[C@H](CO)[C@H](O)[C@H](O)[C@H]2NC(C)=O)O[C@H](CO)[C@@H](O[C@@H]2O[C@H](CO)[C@H](O)[C@H](O[C@H]3O[C@H](CO)[C@H](O)[C@H](O)[C@H]3O)[C@H]2O)[C@@H]1O. The van der Waals surface area contributed by atoms with E-state index in [1.807, 2.05) is 0 Å². The second kappa shape index (κ2) is 26.0. The van der Waals surface area contributed by atoms with Gasteiger partial charge in [-0.3, -0.25) is 9.59 Å². The molecule has 6 aliphatic heterocycles. The Morgan fingerprint density at radius 1 is 0.329 bits per heavy atom. The first-order valence-electron chi connectivity index (χ1n) is 23.1. The number of carbonyl (C=O) groups excluding carboxylic acids is 2. The minimum absolute atomic E-state index is 0.796. The van der Waals surface area contributed by atoms with Gasteiger partial charge in [0.15, 0.2) is 37.7 Å². The molecule has 6 fully saturated rings. The van der Waals surface area contributed by atoms with Gasteiger partial charge in [-0.15, -0.1) is 0 Å². The number of aliphatic hydroxyl groups is 18. The smallest absolute Gasteiger partial charge is 0.217 e. The Kier molecular flexibility index (Phi) is 21.3. The molecule has 0 unspecified atom stereocenters. The van der Waals surface area contributed by atoms with Crippen LogP contribution in [-0.4, -0.2) is 327 Å². The molecule has 0 saturated carbocycles. The molecule has 0 radical (unpaired) electrons. The van der Waals surface area contributed by atoms with Gasteiger partial charge < -0.3 is 155 Å². The van der Waals surface area contributed by atoms with Gasteiger partial charge in [-0.2, -0.15) is 0 Å². The lowest BCUT2D eigenvalue weighted by Crippen LogP contribution is -2.71. The number of carbonyl (C=O) groups is 2. The second-order valence-electron chi connectivity index (χ2n) is 18.2. The first-order chi connectivity index (χ1) is 34.5. The molecule has 0 aromatic rings. The molecule has 0 aromatic carbocycles. The molecular weight excluding hydrogens is 1000 g/mol. The van der Waals surface area contributed by atoms with Crippen LogP contribution in [0.25, 0.3) is 0 Å². The molecule has 6 rings (SSSR count). The Balaban J connectivity index is 1.32. The average Bonchev–Trinajstić information content (AvgIpc) is 3.36. The van der Waals surface area contributed by atoms with Crippen molar-refractivity contribution >= 4 is 11.8 Å². The first-order valence-corrected chi connectivity index (χ1v) is 23.1. The highest BCUT2D eigenvalue weighted by molar-refractivity contribution is 5.73. The van der Waals surface area contributed by atoms with Gasteiger partial charge in [-0.1, -0.05) is 0 Å². The van der Waals surface area contributed by atoms with Crippen molar-refractivity contribution in [2.24, 2.45) is 0 Å². The van der Waals surface area contributed by atoms with Crippen molar-refractivity contribution in [3.8, 4) is 0 Å². The van der Waals surface area contributed by atoms with Gasteiger partial charge in [-0.05, 0) is 0 Å². The van der Waals surface area contributed by atoms with Gasteiger partial charge in [0.25, 0.3) is 0 Å². The summed E-state index contributed by atoms with van der Waals surface area (Å²) in [6.45, 7) is -3.97. The maximum atomic E-state index is 12.8. The second-order valence-corrected chi connectivity index (χ2v) is 18.2. The molecule has 0 spiro atoms. The van der Waals surface area contributed by atoms with E-state index in [9.17, 15) is 102 Å². The quantitative estimate of drug-likeness (QED) is 0.0606. The molecule has 424 valence electrons. The van der Waals surface area contributed by atoms with Gasteiger partial charge in [-0.25, -0.2) is 0 Å². The predicted molar refractivity (Wildman–Crippen MR) is 222 cm³/mol. The highest BCUT2D eigenvalue weighted by Gasteiger charge is 2.59. The Morgan fingerprint density at radius 3 is 1.18 bits per heavy atom. The van der Waals surface area contributed by atoms with Crippen molar-refractivity contribution in [1.82, 2.24) is 10.6 Å². The van der Waals surface area contributed by atoms with Crippen LogP contribution in [0.1, 0.15) is 13.8 Å². The van der Waals surface area contributed by atoms with Crippen LogP contribution in [0.3, 0.4) is 0 Å². The summed E-state index contributed by atoms with van der Waals surface area (Å²) >= 11 is 0. The lowest BCUT2D eigenvalue weighted by molar-refractivity contribution is -0.396. The summed E-state index contributed by atoms with van der Waals surface area (Å²) < 4.78 is 63.3. The summed E-state index contributed by atoms with van der Waals surface area (Å²) in [6, 6.07) is -3.55. The molecule has 0 aliphatic carbocycles. The van der Waals surface area contributed by atoms with E-state index in [1.165, 1.54) is 0 Å². The number of aliphatic hydroxyl groups excluding tert-OH is 18. The molecule has 30 atom stereocenters. The zero-order chi connectivity index (χ0) is 53.9. The molecule has 20 N–H and O–H groups in total. The highest BCUT2D eigenvalue weighted by atomic mass is 16.8. The molecule has 0 aromatic heterocycles. The highest BCUT2D eigenvalue weighted by Crippen LogP contribution is 2.38. The number of ether oxygens (including phenoxy) is 11. The van der Waals surface area contributed by atoms with Crippen LogP contribution >= 0.6 is 0 Å². The van der Waals surface area contributed by atoms with E-state index in [4.69, 9.17) is 52.1 Å². The third-order valence-corrected chi connectivity index (χ3v) is 13.2. The lowest BCUT2D eigenvalue weighted by Gasteiger charge is -2.51. The fraction of sp³-hybridized carbons (Fsp3) is 0.950. The van der Waals surface area contributed by atoms with Crippen LogP contribution < -0.4 is 10.6 Å². The third-order valence-electron chi connectivity index (χ3n) is 13.2. The summed E-state index contributed by atoms with van der Waals surface area (Å²) in [4.78, 5) is 25.1. The van der Waals surface area contributed by atoms with E-state index >= 15 is 0 Å². The summed E-state index contributed by atoms with van der Waals surface area (Å²) in [6.07, 6.45) is -54.1. The normalized spacial score (nSPS) is 49.8. The van der Waals surface area contributed by atoms with E-state index in [0.717, 1.165) is 13.8 Å². The fourth-order valence-electron chi connectivity index (χ4n) is 9.32. The number of rotatable bonds is 18. The topological polar surface area (TPSA) is 524 Å².